The molecule has 0 saturated carbocycles. The highest BCUT2D eigenvalue weighted by molar-refractivity contribution is 7.91. The van der Waals surface area contributed by atoms with E-state index in [4.69, 9.17) is 5.11 Å². The summed E-state index contributed by atoms with van der Waals surface area (Å²) in [6, 6.07) is -1.11. The monoisotopic (exact) mass is 251 g/mol. The quantitative estimate of drug-likeness (QED) is 0.711. The highest BCUT2D eigenvalue weighted by Crippen LogP contribution is 2.19. The van der Waals surface area contributed by atoms with E-state index in [1.54, 1.807) is 20.8 Å². The van der Waals surface area contributed by atoms with Gasteiger partial charge in [0, 0.05) is 6.26 Å². The SMILES string of the molecule is CC(C)(C)C(NC(=O)CS(C)(=O)=O)C(=O)O. The lowest BCUT2D eigenvalue weighted by Crippen LogP contribution is -2.50. The maximum Gasteiger partial charge on any atom is 0.326 e. The molecule has 2 N–H and O–H groups in total. The third kappa shape index (κ3) is 5.69. The van der Waals surface area contributed by atoms with Crippen LogP contribution in [0.3, 0.4) is 0 Å². The van der Waals surface area contributed by atoms with Gasteiger partial charge in [-0.3, -0.25) is 4.79 Å². The molecule has 1 atom stereocenters. The summed E-state index contributed by atoms with van der Waals surface area (Å²) >= 11 is 0. The van der Waals surface area contributed by atoms with Crippen LogP contribution in [0, 0.1) is 5.41 Å². The molecule has 94 valence electrons. The number of aliphatic carboxylic acids is 1. The van der Waals surface area contributed by atoms with Crippen LogP contribution in [0.25, 0.3) is 0 Å². The molecule has 0 aliphatic heterocycles. The Hall–Kier alpha value is -1.11. The fraction of sp³-hybridized carbons (Fsp3) is 0.778. The number of hydrogen-bond acceptors (Lipinski definition) is 4. The average Bonchev–Trinajstić information content (AvgIpc) is 1.93. The van der Waals surface area contributed by atoms with Crippen molar-refractivity contribution in [1.29, 1.82) is 0 Å². The highest BCUT2D eigenvalue weighted by atomic mass is 32.2. The lowest BCUT2D eigenvalue weighted by atomic mass is 9.87. The first kappa shape index (κ1) is 14.9. The van der Waals surface area contributed by atoms with E-state index in [0.29, 0.717) is 0 Å². The van der Waals surface area contributed by atoms with Crippen molar-refractivity contribution in [3.8, 4) is 0 Å². The molecule has 0 aromatic carbocycles. The number of amides is 1. The zero-order chi connectivity index (χ0) is 13.1. The lowest BCUT2D eigenvalue weighted by Gasteiger charge is -2.27. The van der Waals surface area contributed by atoms with E-state index in [0.717, 1.165) is 6.26 Å². The Bertz CT molecular complexity index is 379. The van der Waals surface area contributed by atoms with Crippen molar-refractivity contribution < 1.29 is 23.1 Å². The number of rotatable bonds is 4. The largest absolute Gasteiger partial charge is 0.480 e. The zero-order valence-corrected chi connectivity index (χ0v) is 10.6. The van der Waals surface area contributed by atoms with Gasteiger partial charge in [-0.05, 0) is 5.41 Å². The van der Waals surface area contributed by atoms with Crippen molar-refractivity contribution in [2.75, 3.05) is 12.0 Å². The van der Waals surface area contributed by atoms with Crippen LogP contribution >= 0.6 is 0 Å². The summed E-state index contributed by atoms with van der Waals surface area (Å²) in [5, 5.41) is 11.1. The first-order valence-corrected chi connectivity index (χ1v) is 6.69. The fourth-order valence-electron chi connectivity index (χ4n) is 1.09. The minimum atomic E-state index is -3.45. The molecule has 0 saturated heterocycles. The molecule has 7 heteroatoms. The maximum absolute atomic E-state index is 11.3. The van der Waals surface area contributed by atoms with Gasteiger partial charge < -0.3 is 10.4 Å². The molecule has 0 radical (unpaired) electrons. The number of carboxylic acids is 1. The third-order valence-electron chi connectivity index (χ3n) is 1.81. The van der Waals surface area contributed by atoms with Gasteiger partial charge in [0.05, 0.1) is 0 Å². The summed E-state index contributed by atoms with van der Waals surface area (Å²) in [5.41, 5.74) is -0.682. The highest BCUT2D eigenvalue weighted by Gasteiger charge is 2.32. The molecule has 0 bridgehead atoms. The van der Waals surface area contributed by atoms with Crippen LogP contribution in [0.2, 0.25) is 0 Å². The van der Waals surface area contributed by atoms with E-state index in [2.05, 4.69) is 5.32 Å². The van der Waals surface area contributed by atoms with E-state index in [-0.39, 0.29) is 0 Å². The first-order valence-electron chi connectivity index (χ1n) is 4.63. The average molecular weight is 251 g/mol. The molecule has 1 amide bonds. The Balaban J connectivity index is 4.68. The minimum absolute atomic E-state index is 0.682. The zero-order valence-electron chi connectivity index (χ0n) is 9.77. The van der Waals surface area contributed by atoms with E-state index in [1.165, 1.54) is 0 Å². The van der Waals surface area contributed by atoms with Gasteiger partial charge in [-0.25, -0.2) is 13.2 Å². The normalized spacial score (nSPS) is 14.2. The van der Waals surface area contributed by atoms with Crippen molar-refractivity contribution in [1.82, 2.24) is 5.32 Å². The lowest BCUT2D eigenvalue weighted by molar-refractivity contribution is -0.144. The number of carbonyl (C=O) groups is 2. The second-order valence-corrected chi connectivity index (χ2v) is 6.92. The minimum Gasteiger partial charge on any atom is -0.480 e. The van der Waals surface area contributed by atoms with E-state index in [1.807, 2.05) is 0 Å². The first-order chi connectivity index (χ1) is 6.93. The smallest absolute Gasteiger partial charge is 0.326 e. The molecule has 0 aliphatic carbocycles. The summed E-state index contributed by atoms with van der Waals surface area (Å²) in [4.78, 5) is 22.1. The number of sulfone groups is 1. The van der Waals surface area contributed by atoms with Crippen molar-refractivity contribution in [2.45, 2.75) is 26.8 Å². The van der Waals surface area contributed by atoms with Gasteiger partial charge in [0.15, 0.2) is 9.84 Å². The van der Waals surface area contributed by atoms with Crippen LogP contribution in [0.5, 0.6) is 0 Å². The predicted octanol–water partition coefficient (Wildman–Crippen LogP) is -0.353. The van der Waals surface area contributed by atoms with Gasteiger partial charge >= 0.3 is 5.97 Å². The Kier molecular flexibility index (Phi) is 4.48. The standard InChI is InChI=1S/C9H17NO5S/c1-9(2,3)7(8(12)13)10-6(11)5-16(4,14)15/h7H,5H2,1-4H3,(H,10,11)(H,12,13). The van der Waals surface area contributed by atoms with Crippen LogP contribution in [0.4, 0.5) is 0 Å². The Morgan fingerprint density at radius 1 is 1.31 bits per heavy atom. The summed E-state index contributed by atoms with van der Waals surface area (Å²) < 4.78 is 21.7. The molecule has 16 heavy (non-hydrogen) atoms. The molecule has 0 spiro atoms. The second-order valence-electron chi connectivity index (χ2n) is 4.77. The van der Waals surface area contributed by atoms with Crippen molar-refractivity contribution in [3.05, 3.63) is 0 Å². The van der Waals surface area contributed by atoms with Crippen LogP contribution in [0.15, 0.2) is 0 Å². The molecule has 1 unspecified atom stereocenters. The Labute approximate surface area is 95.0 Å². The fourth-order valence-corrected chi connectivity index (χ4v) is 1.65. The Morgan fingerprint density at radius 2 is 1.75 bits per heavy atom. The summed E-state index contributed by atoms with van der Waals surface area (Å²) in [7, 11) is -3.45. The number of carboxylic acid groups (broad SMARTS) is 1. The number of nitrogens with one attached hydrogen (secondary N) is 1. The van der Waals surface area contributed by atoms with Crippen molar-refractivity contribution in [2.24, 2.45) is 5.41 Å². The van der Waals surface area contributed by atoms with Gasteiger partial charge in [0.25, 0.3) is 0 Å². The van der Waals surface area contributed by atoms with Gasteiger partial charge in [0.1, 0.15) is 11.8 Å². The number of hydrogen-bond donors (Lipinski definition) is 2. The van der Waals surface area contributed by atoms with Gasteiger partial charge in [0.2, 0.25) is 5.91 Å². The van der Waals surface area contributed by atoms with Crippen molar-refractivity contribution >= 4 is 21.7 Å². The predicted molar refractivity (Wildman–Crippen MR) is 58.7 cm³/mol. The molecule has 0 heterocycles. The Morgan fingerprint density at radius 3 is 2.00 bits per heavy atom. The van der Waals surface area contributed by atoms with Crippen molar-refractivity contribution in [3.63, 3.8) is 0 Å². The third-order valence-corrected chi connectivity index (χ3v) is 2.60. The van der Waals surface area contributed by atoms with Gasteiger partial charge in [-0.1, -0.05) is 20.8 Å². The molecule has 0 aromatic rings. The molecular formula is C9H17NO5S. The molecule has 6 nitrogen and oxygen atoms in total. The van der Waals surface area contributed by atoms with Crippen LogP contribution < -0.4 is 5.32 Å². The van der Waals surface area contributed by atoms with Crippen LogP contribution in [-0.4, -0.2) is 43.5 Å². The van der Waals surface area contributed by atoms with Gasteiger partial charge in [-0.15, -0.1) is 0 Å². The second kappa shape index (κ2) is 4.82. The van der Waals surface area contributed by atoms with E-state index in [9.17, 15) is 18.0 Å². The molecule has 0 fully saturated rings. The van der Waals surface area contributed by atoms with Gasteiger partial charge in [-0.2, -0.15) is 0 Å². The number of carbonyl (C=O) groups excluding carboxylic acids is 1. The summed E-state index contributed by atoms with van der Waals surface area (Å²) in [6.07, 6.45) is 0.916. The van der Waals surface area contributed by atoms with E-state index >= 15 is 0 Å². The van der Waals surface area contributed by atoms with Crippen LogP contribution in [0.1, 0.15) is 20.8 Å². The maximum atomic E-state index is 11.3. The summed E-state index contributed by atoms with van der Waals surface area (Å²) in [5.74, 6) is -2.69. The van der Waals surface area contributed by atoms with E-state index < -0.39 is 38.9 Å². The molecule has 0 aliphatic rings. The summed E-state index contributed by atoms with van der Waals surface area (Å²) in [6.45, 7) is 4.94. The van der Waals surface area contributed by atoms with Crippen LogP contribution in [-0.2, 0) is 19.4 Å². The molecule has 0 aromatic heterocycles. The topological polar surface area (TPSA) is 101 Å². The molecule has 0 rings (SSSR count). The molecular weight excluding hydrogens is 234 g/mol.